The molecule has 6 heteroatoms. The lowest BCUT2D eigenvalue weighted by Crippen LogP contribution is -2.44. The SMILES string of the molecule is Cc1cc(-c2cc3n(c(=O)c2)C[C@@H]2CNC[C@H]3C2)nc(N2CCCC2)n1. The monoisotopic (exact) mass is 351 g/mol. The second kappa shape index (κ2) is 6.20. The highest BCUT2D eigenvalue weighted by atomic mass is 16.1. The zero-order valence-corrected chi connectivity index (χ0v) is 15.2. The topological polar surface area (TPSA) is 63.1 Å². The van der Waals surface area contributed by atoms with Crippen LogP contribution in [0.15, 0.2) is 23.0 Å². The Kier molecular flexibility index (Phi) is 3.81. The van der Waals surface area contributed by atoms with Crippen molar-refractivity contribution in [1.82, 2.24) is 19.9 Å². The van der Waals surface area contributed by atoms with Crippen LogP contribution in [0.1, 0.15) is 36.6 Å². The van der Waals surface area contributed by atoms with Crippen LogP contribution in [0.25, 0.3) is 11.3 Å². The zero-order valence-electron chi connectivity index (χ0n) is 15.2. The van der Waals surface area contributed by atoms with Crippen LogP contribution in [0.5, 0.6) is 0 Å². The molecule has 136 valence electrons. The molecule has 2 atom stereocenters. The lowest BCUT2D eigenvalue weighted by Gasteiger charge is -2.37. The van der Waals surface area contributed by atoms with Crippen LogP contribution in [0.3, 0.4) is 0 Å². The van der Waals surface area contributed by atoms with E-state index >= 15 is 0 Å². The fourth-order valence-corrected chi connectivity index (χ4v) is 4.71. The fourth-order valence-electron chi connectivity index (χ4n) is 4.71. The van der Waals surface area contributed by atoms with Gasteiger partial charge in [-0.15, -0.1) is 0 Å². The number of nitrogens with one attached hydrogen (secondary N) is 1. The molecule has 2 aromatic heterocycles. The number of aromatic nitrogens is 3. The molecule has 0 spiro atoms. The van der Waals surface area contributed by atoms with Crippen LogP contribution in [0, 0.1) is 12.8 Å². The van der Waals surface area contributed by atoms with Crippen LogP contribution < -0.4 is 15.8 Å². The number of pyridine rings is 1. The molecule has 2 fully saturated rings. The number of nitrogens with zero attached hydrogens (tertiary/aromatic N) is 4. The van der Waals surface area contributed by atoms with Crippen LogP contribution in [0.4, 0.5) is 5.95 Å². The van der Waals surface area contributed by atoms with Crippen molar-refractivity contribution < 1.29 is 0 Å². The molecule has 3 aliphatic rings. The van der Waals surface area contributed by atoms with E-state index in [-0.39, 0.29) is 5.56 Å². The molecule has 2 aromatic rings. The van der Waals surface area contributed by atoms with Gasteiger partial charge in [-0.3, -0.25) is 4.79 Å². The maximum atomic E-state index is 12.8. The highest BCUT2D eigenvalue weighted by molar-refractivity contribution is 5.61. The predicted octanol–water partition coefficient (Wildman–Crippen LogP) is 1.92. The summed E-state index contributed by atoms with van der Waals surface area (Å²) in [7, 11) is 0. The standard InChI is InChI=1S/C20H25N5O/c1-13-6-17(23-20(22-13)24-4-2-3-5-24)15-8-18-16-7-14(10-21-11-16)12-25(18)19(26)9-15/h6,8-9,14,16,21H,2-5,7,10-12H2,1H3/t14-,16+/m0/s1. The molecular weight excluding hydrogens is 326 g/mol. The van der Waals surface area contributed by atoms with Crippen LogP contribution in [0.2, 0.25) is 0 Å². The van der Waals surface area contributed by atoms with Gasteiger partial charge in [-0.05, 0) is 50.8 Å². The summed E-state index contributed by atoms with van der Waals surface area (Å²) in [5.41, 5.74) is 4.01. The molecule has 0 radical (unpaired) electrons. The maximum Gasteiger partial charge on any atom is 0.251 e. The van der Waals surface area contributed by atoms with Gasteiger partial charge in [0, 0.05) is 55.1 Å². The minimum Gasteiger partial charge on any atom is -0.341 e. The van der Waals surface area contributed by atoms with Crippen molar-refractivity contribution in [3.8, 4) is 11.3 Å². The van der Waals surface area contributed by atoms with Crippen LogP contribution in [-0.2, 0) is 6.54 Å². The Morgan fingerprint density at radius 3 is 2.81 bits per heavy atom. The number of piperidine rings is 1. The van der Waals surface area contributed by atoms with Crippen molar-refractivity contribution >= 4 is 5.95 Å². The van der Waals surface area contributed by atoms with Gasteiger partial charge in [-0.1, -0.05) is 0 Å². The summed E-state index contributed by atoms with van der Waals surface area (Å²) in [6.45, 7) is 6.86. The zero-order chi connectivity index (χ0) is 17.7. The van der Waals surface area contributed by atoms with Gasteiger partial charge in [0.25, 0.3) is 5.56 Å². The van der Waals surface area contributed by atoms with Crippen molar-refractivity contribution in [3.05, 3.63) is 39.9 Å². The first kappa shape index (κ1) is 16.0. The molecule has 2 saturated heterocycles. The Hall–Kier alpha value is -2.21. The third-order valence-electron chi connectivity index (χ3n) is 5.99. The largest absolute Gasteiger partial charge is 0.341 e. The van der Waals surface area contributed by atoms with Gasteiger partial charge in [-0.25, -0.2) is 9.97 Å². The molecule has 3 aliphatic heterocycles. The van der Waals surface area contributed by atoms with Gasteiger partial charge in [0.2, 0.25) is 5.95 Å². The minimum absolute atomic E-state index is 0.105. The van der Waals surface area contributed by atoms with E-state index < -0.39 is 0 Å². The Labute approximate surface area is 153 Å². The quantitative estimate of drug-likeness (QED) is 0.896. The number of rotatable bonds is 2. The Morgan fingerprint density at radius 1 is 1.12 bits per heavy atom. The summed E-state index contributed by atoms with van der Waals surface area (Å²) in [5.74, 6) is 1.80. The Bertz CT molecular complexity index is 900. The highest BCUT2D eigenvalue weighted by Crippen LogP contribution is 2.33. The van der Waals surface area contributed by atoms with Gasteiger partial charge in [0.15, 0.2) is 0 Å². The van der Waals surface area contributed by atoms with Gasteiger partial charge >= 0.3 is 0 Å². The average Bonchev–Trinajstić information content (AvgIpc) is 3.17. The van der Waals surface area contributed by atoms with Crippen LogP contribution >= 0.6 is 0 Å². The van der Waals surface area contributed by atoms with E-state index in [0.29, 0.717) is 11.8 Å². The fraction of sp³-hybridized carbons (Fsp3) is 0.550. The second-order valence-corrected chi connectivity index (χ2v) is 7.96. The highest BCUT2D eigenvalue weighted by Gasteiger charge is 2.31. The number of anilines is 1. The Morgan fingerprint density at radius 2 is 1.96 bits per heavy atom. The first-order valence-electron chi connectivity index (χ1n) is 9.74. The minimum atomic E-state index is 0.105. The number of fused-ring (bicyclic) bond motifs is 4. The number of hydrogen-bond donors (Lipinski definition) is 1. The molecule has 2 bridgehead atoms. The summed E-state index contributed by atoms with van der Waals surface area (Å²) in [6, 6.07) is 5.94. The molecule has 0 saturated carbocycles. The predicted molar refractivity (Wildman–Crippen MR) is 102 cm³/mol. The second-order valence-electron chi connectivity index (χ2n) is 7.96. The molecule has 0 aliphatic carbocycles. The third kappa shape index (κ3) is 2.72. The molecule has 6 nitrogen and oxygen atoms in total. The van der Waals surface area contributed by atoms with E-state index in [1.807, 2.05) is 17.6 Å². The molecular formula is C20H25N5O. The van der Waals surface area contributed by atoms with E-state index in [0.717, 1.165) is 61.3 Å². The molecule has 0 aromatic carbocycles. The maximum absolute atomic E-state index is 12.8. The Balaban J connectivity index is 1.59. The van der Waals surface area contributed by atoms with Gasteiger partial charge in [0.1, 0.15) is 0 Å². The molecule has 0 amide bonds. The van der Waals surface area contributed by atoms with Crippen molar-refractivity contribution in [2.75, 3.05) is 31.1 Å². The first-order valence-corrected chi connectivity index (χ1v) is 9.74. The molecule has 1 N–H and O–H groups in total. The molecule has 5 rings (SSSR count). The normalized spacial score (nSPS) is 24.6. The number of hydrogen-bond acceptors (Lipinski definition) is 5. The lowest BCUT2D eigenvalue weighted by molar-refractivity contribution is 0.257. The summed E-state index contributed by atoms with van der Waals surface area (Å²) in [5, 5.41) is 3.51. The van der Waals surface area contributed by atoms with Crippen molar-refractivity contribution in [2.24, 2.45) is 5.92 Å². The summed E-state index contributed by atoms with van der Waals surface area (Å²) in [4.78, 5) is 24.5. The third-order valence-corrected chi connectivity index (χ3v) is 5.99. The smallest absolute Gasteiger partial charge is 0.251 e. The first-order chi connectivity index (χ1) is 12.7. The molecule has 0 unspecified atom stereocenters. The van der Waals surface area contributed by atoms with Crippen molar-refractivity contribution in [1.29, 1.82) is 0 Å². The average molecular weight is 351 g/mol. The lowest BCUT2D eigenvalue weighted by atomic mass is 9.83. The summed E-state index contributed by atoms with van der Waals surface area (Å²) < 4.78 is 1.98. The van der Waals surface area contributed by atoms with E-state index in [9.17, 15) is 4.79 Å². The van der Waals surface area contributed by atoms with E-state index in [1.165, 1.54) is 19.3 Å². The van der Waals surface area contributed by atoms with Crippen molar-refractivity contribution in [3.63, 3.8) is 0 Å². The van der Waals surface area contributed by atoms with Crippen LogP contribution in [-0.4, -0.2) is 40.7 Å². The van der Waals surface area contributed by atoms with Gasteiger partial charge < -0.3 is 14.8 Å². The molecule has 26 heavy (non-hydrogen) atoms. The summed E-state index contributed by atoms with van der Waals surface area (Å²) >= 11 is 0. The van der Waals surface area contributed by atoms with Gasteiger partial charge in [0.05, 0.1) is 5.69 Å². The van der Waals surface area contributed by atoms with Gasteiger partial charge in [-0.2, -0.15) is 0 Å². The van der Waals surface area contributed by atoms with E-state index in [1.54, 1.807) is 6.07 Å². The van der Waals surface area contributed by atoms with E-state index in [2.05, 4.69) is 21.3 Å². The van der Waals surface area contributed by atoms with E-state index in [4.69, 9.17) is 4.98 Å². The summed E-state index contributed by atoms with van der Waals surface area (Å²) in [6.07, 6.45) is 3.57. The molecule has 5 heterocycles. The van der Waals surface area contributed by atoms with Crippen molar-refractivity contribution in [2.45, 2.75) is 38.6 Å². The number of aryl methyl sites for hydroxylation is 1.